The van der Waals surface area contributed by atoms with Gasteiger partial charge in [0, 0.05) is 52.0 Å². The van der Waals surface area contributed by atoms with Crippen LogP contribution in [0.4, 0.5) is 0 Å². The molecule has 22 heavy (non-hydrogen) atoms. The van der Waals surface area contributed by atoms with Crippen LogP contribution < -0.4 is 0 Å². The fraction of sp³-hybridized carbons (Fsp3) is 0.667. The Labute approximate surface area is 130 Å². The molecule has 7 nitrogen and oxygen atoms in total. The van der Waals surface area contributed by atoms with Gasteiger partial charge in [0.1, 0.15) is 0 Å². The number of carbonyl (C=O) groups excluding carboxylic acids is 2. The van der Waals surface area contributed by atoms with Gasteiger partial charge in [-0.05, 0) is 12.8 Å². The summed E-state index contributed by atoms with van der Waals surface area (Å²) in [5, 5.41) is 4.12. The standard InChI is InChI=1S/C15H24N4O3/c1-17-10-13(9-16-17)11-19(7-8-22-2)15(21)12-18-6-4-3-5-14(18)20/h9-10H,3-8,11-12H2,1-2H3. The van der Waals surface area contributed by atoms with E-state index in [4.69, 9.17) is 4.74 Å². The van der Waals surface area contributed by atoms with Crippen molar-refractivity contribution in [2.45, 2.75) is 25.8 Å². The third-order valence-electron chi connectivity index (χ3n) is 3.80. The van der Waals surface area contributed by atoms with Gasteiger partial charge >= 0.3 is 0 Å². The van der Waals surface area contributed by atoms with Gasteiger partial charge in [-0.3, -0.25) is 14.3 Å². The second-order valence-corrected chi connectivity index (χ2v) is 5.60. The summed E-state index contributed by atoms with van der Waals surface area (Å²) in [6.45, 7) is 2.29. The van der Waals surface area contributed by atoms with Crippen molar-refractivity contribution in [2.24, 2.45) is 7.05 Å². The fourth-order valence-corrected chi connectivity index (χ4v) is 2.56. The van der Waals surface area contributed by atoms with Gasteiger partial charge in [-0.15, -0.1) is 0 Å². The number of methoxy groups -OCH3 is 1. The van der Waals surface area contributed by atoms with Gasteiger partial charge < -0.3 is 14.5 Å². The molecule has 2 heterocycles. The lowest BCUT2D eigenvalue weighted by molar-refractivity contribution is -0.142. The Morgan fingerprint density at radius 2 is 2.27 bits per heavy atom. The SMILES string of the molecule is COCCN(Cc1cnn(C)c1)C(=O)CN1CCCCC1=O. The summed E-state index contributed by atoms with van der Waals surface area (Å²) in [4.78, 5) is 27.8. The zero-order valence-electron chi connectivity index (χ0n) is 13.3. The zero-order valence-corrected chi connectivity index (χ0v) is 13.3. The van der Waals surface area contributed by atoms with Crippen LogP contribution in [0.5, 0.6) is 0 Å². The van der Waals surface area contributed by atoms with Gasteiger partial charge in [-0.1, -0.05) is 0 Å². The second kappa shape index (κ2) is 7.93. The Balaban J connectivity index is 1.97. The molecule has 0 bridgehead atoms. The largest absolute Gasteiger partial charge is 0.383 e. The van der Waals surface area contributed by atoms with Gasteiger partial charge in [0.15, 0.2) is 0 Å². The zero-order chi connectivity index (χ0) is 15.9. The Hall–Kier alpha value is -1.89. The number of piperidine rings is 1. The van der Waals surface area contributed by atoms with Crippen molar-refractivity contribution >= 4 is 11.8 Å². The quantitative estimate of drug-likeness (QED) is 0.731. The van der Waals surface area contributed by atoms with Crippen molar-refractivity contribution in [1.82, 2.24) is 19.6 Å². The number of aromatic nitrogens is 2. The minimum Gasteiger partial charge on any atom is -0.383 e. The van der Waals surface area contributed by atoms with E-state index in [1.165, 1.54) is 0 Å². The highest BCUT2D eigenvalue weighted by Gasteiger charge is 2.23. The monoisotopic (exact) mass is 308 g/mol. The van der Waals surface area contributed by atoms with E-state index in [9.17, 15) is 9.59 Å². The average molecular weight is 308 g/mol. The van der Waals surface area contributed by atoms with E-state index in [0.29, 0.717) is 32.7 Å². The lowest BCUT2D eigenvalue weighted by atomic mass is 10.1. The molecule has 7 heteroatoms. The van der Waals surface area contributed by atoms with Crippen molar-refractivity contribution in [3.63, 3.8) is 0 Å². The Morgan fingerprint density at radius 1 is 1.45 bits per heavy atom. The van der Waals surface area contributed by atoms with E-state index in [0.717, 1.165) is 18.4 Å². The van der Waals surface area contributed by atoms with Crippen molar-refractivity contribution < 1.29 is 14.3 Å². The fourth-order valence-electron chi connectivity index (χ4n) is 2.56. The molecule has 0 aliphatic carbocycles. The van der Waals surface area contributed by atoms with Crippen molar-refractivity contribution in [3.8, 4) is 0 Å². The predicted octanol–water partition coefficient (Wildman–Crippen LogP) is 0.408. The van der Waals surface area contributed by atoms with Crippen LogP contribution in [0.1, 0.15) is 24.8 Å². The molecule has 1 aliphatic heterocycles. The summed E-state index contributed by atoms with van der Waals surface area (Å²) in [5.74, 6) is 0.0313. The Kier molecular flexibility index (Phi) is 5.94. The molecule has 0 spiro atoms. The van der Waals surface area contributed by atoms with Crippen LogP contribution in [-0.2, 0) is 27.9 Å². The number of carbonyl (C=O) groups is 2. The number of aryl methyl sites for hydroxylation is 1. The van der Waals surface area contributed by atoms with Gasteiger partial charge in [-0.2, -0.15) is 5.10 Å². The molecule has 0 unspecified atom stereocenters. The third kappa shape index (κ3) is 4.56. The first-order chi connectivity index (χ1) is 10.6. The van der Waals surface area contributed by atoms with Crippen LogP contribution >= 0.6 is 0 Å². The van der Waals surface area contributed by atoms with E-state index >= 15 is 0 Å². The summed E-state index contributed by atoms with van der Waals surface area (Å²) in [6, 6.07) is 0. The van der Waals surface area contributed by atoms with Crippen molar-refractivity contribution in [2.75, 3.05) is 33.4 Å². The molecular formula is C15H24N4O3. The Morgan fingerprint density at radius 3 is 2.91 bits per heavy atom. The molecule has 0 aromatic carbocycles. The third-order valence-corrected chi connectivity index (χ3v) is 3.80. The number of hydrogen-bond donors (Lipinski definition) is 0. The number of ether oxygens (including phenoxy) is 1. The molecule has 0 radical (unpaired) electrons. The first kappa shape index (κ1) is 16.5. The minimum atomic E-state index is -0.0452. The van der Waals surface area contributed by atoms with Gasteiger partial charge in [0.2, 0.25) is 11.8 Å². The number of likely N-dealkylation sites (tertiary alicyclic amines) is 1. The van der Waals surface area contributed by atoms with Crippen LogP contribution in [0.2, 0.25) is 0 Å². The first-order valence-corrected chi connectivity index (χ1v) is 7.62. The molecule has 2 rings (SSSR count). The number of rotatable bonds is 7. The lowest BCUT2D eigenvalue weighted by Gasteiger charge is -2.29. The smallest absolute Gasteiger partial charge is 0.242 e. The molecule has 1 aliphatic rings. The Bertz CT molecular complexity index is 515. The molecule has 0 N–H and O–H groups in total. The van der Waals surface area contributed by atoms with Gasteiger partial charge in [0.25, 0.3) is 0 Å². The number of nitrogens with zero attached hydrogens (tertiary/aromatic N) is 4. The van der Waals surface area contributed by atoms with Crippen LogP contribution in [0.25, 0.3) is 0 Å². The highest BCUT2D eigenvalue weighted by atomic mass is 16.5. The van der Waals surface area contributed by atoms with Crippen LogP contribution in [0.3, 0.4) is 0 Å². The molecular weight excluding hydrogens is 284 g/mol. The van der Waals surface area contributed by atoms with Crippen molar-refractivity contribution in [1.29, 1.82) is 0 Å². The summed E-state index contributed by atoms with van der Waals surface area (Å²) in [5.41, 5.74) is 0.969. The maximum absolute atomic E-state index is 12.5. The minimum absolute atomic E-state index is 0.0452. The highest BCUT2D eigenvalue weighted by molar-refractivity contribution is 5.85. The topological polar surface area (TPSA) is 67.7 Å². The van der Waals surface area contributed by atoms with Crippen LogP contribution in [0.15, 0.2) is 12.4 Å². The maximum atomic E-state index is 12.5. The highest BCUT2D eigenvalue weighted by Crippen LogP contribution is 2.11. The van der Waals surface area contributed by atoms with E-state index in [2.05, 4.69) is 5.10 Å². The molecule has 1 saturated heterocycles. The average Bonchev–Trinajstić information content (AvgIpc) is 2.91. The molecule has 1 aromatic rings. The molecule has 1 aromatic heterocycles. The van der Waals surface area contributed by atoms with Crippen molar-refractivity contribution in [3.05, 3.63) is 18.0 Å². The van der Waals surface area contributed by atoms with Gasteiger partial charge in [-0.25, -0.2) is 0 Å². The molecule has 1 fully saturated rings. The summed E-state index contributed by atoms with van der Waals surface area (Å²) < 4.78 is 6.79. The predicted molar refractivity (Wildman–Crippen MR) is 80.9 cm³/mol. The summed E-state index contributed by atoms with van der Waals surface area (Å²) in [7, 11) is 3.46. The summed E-state index contributed by atoms with van der Waals surface area (Å²) in [6.07, 6.45) is 6.08. The van der Waals surface area contributed by atoms with Crippen LogP contribution in [-0.4, -0.2) is 64.7 Å². The van der Waals surface area contributed by atoms with E-state index in [1.807, 2.05) is 13.2 Å². The van der Waals surface area contributed by atoms with E-state index in [1.54, 1.807) is 27.8 Å². The number of amides is 2. The molecule has 2 amide bonds. The number of hydrogen-bond acceptors (Lipinski definition) is 4. The van der Waals surface area contributed by atoms with Crippen LogP contribution in [0, 0.1) is 0 Å². The maximum Gasteiger partial charge on any atom is 0.242 e. The lowest BCUT2D eigenvalue weighted by Crippen LogP contribution is -2.45. The first-order valence-electron chi connectivity index (χ1n) is 7.62. The van der Waals surface area contributed by atoms with Gasteiger partial charge in [0.05, 0.1) is 19.3 Å². The molecule has 122 valence electrons. The second-order valence-electron chi connectivity index (χ2n) is 5.60. The summed E-state index contributed by atoms with van der Waals surface area (Å²) >= 11 is 0. The van der Waals surface area contributed by atoms with E-state index < -0.39 is 0 Å². The molecule has 0 atom stereocenters. The normalized spacial score (nSPS) is 15.2. The van der Waals surface area contributed by atoms with E-state index in [-0.39, 0.29) is 18.4 Å². The molecule has 0 saturated carbocycles.